The molecule has 0 aliphatic heterocycles. The second-order valence-electron chi connectivity index (χ2n) is 4.10. The average Bonchev–Trinajstić information content (AvgIpc) is 2.65. The molecule has 1 heterocycles. The molecule has 0 saturated heterocycles. The normalized spacial score (nSPS) is 16.0. The van der Waals surface area contributed by atoms with E-state index in [1.54, 1.807) is 18.5 Å². The molecule has 0 aliphatic rings. The van der Waals surface area contributed by atoms with Crippen molar-refractivity contribution in [3.8, 4) is 0 Å². The van der Waals surface area contributed by atoms with E-state index in [1.807, 2.05) is 6.92 Å². The van der Waals surface area contributed by atoms with Gasteiger partial charge in [0.15, 0.2) is 5.03 Å². The van der Waals surface area contributed by atoms with Crippen molar-refractivity contribution in [2.75, 3.05) is 6.54 Å². The van der Waals surface area contributed by atoms with Crippen LogP contribution in [-0.2, 0) is 17.1 Å². The number of aryl methyl sites for hydroxylation is 1. The Balaban J connectivity index is 2.96. The zero-order valence-electron chi connectivity index (χ0n) is 9.77. The minimum atomic E-state index is -3.58. The van der Waals surface area contributed by atoms with E-state index in [-0.39, 0.29) is 11.6 Å². The van der Waals surface area contributed by atoms with Gasteiger partial charge in [-0.1, -0.05) is 6.92 Å². The Morgan fingerprint density at radius 3 is 2.62 bits per heavy atom. The SMILES string of the molecule is CCC(C)(CN)NS(=O)(=O)c1cn(C)cn1. The van der Waals surface area contributed by atoms with Crippen LogP contribution in [0.3, 0.4) is 0 Å². The third-order valence-corrected chi connectivity index (χ3v) is 4.09. The van der Waals surface area contributed by atoms with Crippen LogP contribution in [-0.4, -0.2) is 30.1 Å². The highest BCUT2D eigenvalue weighted by Gasteiger charge is 2.28. The van der Waals surface area contributed by atoms with Crippen LogP contribution in [0.1, 0.15) is 20.3 Å². The standard InChI is InChI=1S/C9H18N4O2S/c1-4-9(2,6-10)12-16(14,15)8-5-13(3)7-11-8/h5,7,12H,4,6,10H2,1-3H3. The van der Waals surface area contributed by atoms with Gasteiger partial charge >= 0.3 is 0 Å². The zero-order valence-corrected chi connectivity index (χ0v) is 10.6. The maximum absolute atomic E-state index is 11.9. The van der Waals surface area contributed by atoms with Crippen LogP contribution in [0.4, 0.5) is 0 Å². The Morgan fingerprint density at radius 1 is 1.62 bits per heavy atom. The van der Waals surface area contributed by atoms with Gasteiger partial charge in [0.2, 0.25) is 0 Å². The largest absolute Gasteiger partial charge is 0.339 e. The second-order valence-corrected chi connectivity index (χ2v) is 5.73. The van der Waals surface area contributed by atoms with E-state index in [1.165, 1.54) is 12.5 Å². The van der Waals surface area contributed by atoms with Crippen molar-refractivity contribution >= 4 is 10.0 Å². The number of nitrogens with two attached hydrogens (primary N) is 1. The van der Waals surface area contributed by atoms with Gasteiger partial charge in [-0.05, 0) is 13.3 Å². The minimum Gasteiger partial charge on any atom is -0.339 e. The Hall–Kier alpha value is -0.920. The molecule has 1 rings (SSSR count). The van der Waals surface area contributed by atoms with E-state index in [0.29, 0.717) is 6.42 Å². The van der Waals surface area contributed by atoms with Crippen LogP contribution in [0, 0.1) is 0 Å². The lowest BCUT2D eigenvalue weighted by atomic mass is 10.0. The molecule has 0 aliphatic carbocycles. The van der Waals surface area contributed by atoms with Crippen molar-refractivity contribution in [2.45, 2.75) is 30.8 Å². The molecule has 0 saturated carbocycles. The monoisotopic (exact) mass is 246 g/mol. The number of nitrogens with zero attached hydrogens (tertiary/aromatic N) is 2. The molecular formula is C9H18N4O2S. The van der Waals surface area contributed by atoms with E-state index in [4.69, 9.17) is 5.73 Å². The molecule has 0 amide bonds. The number of hydrogen-bond acceptors (Lipinski definition) is 4. The summed E-state index contributed by atoms with van der Waals surface area (Å²) in [6, 6.07) is 0. The maximum atomic E-state index is 11.9. The lowest BCUT2D eigenvalue weighted by molar-refractivity contribution is 0.410. The predicted molar refractivity (Wildman–Crippen MR) is 61.3 cm³/mol. The molecule has 16 heavy (non-hydrogen) atoms. The molecule has 1 aromatic heterocycles. The van der Waals surface area contributed by atoms with E-state index in [9.17, 15) is 8.42 Å². The highest BCUT2D eigenvalue weighted by molar-refractivity contribution is 7.89. The van der Waals surface area contributed by atoms with Gasteiger partial charge in [0.25, 0.3) is 10.0 Å². The van der Waals surface area contributed by atoms with E-state index < -0.39 is 15.6 Å². The predicted octanol–water partition coefficient (Wildman–Crippen LogP) is -0.174. The number of hydrogen-bond donors (Lipinski definition) is 2. The highest BCUT2D eigenvalue weighted by Crippen LogP contribution is 2.13. The molecule has 6 nitrogen and oxygen atoms in total. The smallest absolute Gasteiger partial charge is 0.260 e. The van der Waals surface area contributed by atoms with Crippen LogP contribution < -0.4 is 10.5 Å². The summed E-state index contributed by atoms with van der Waals surface area (Å²) >= 11 is 0. The molecule has 0 bridgehead atoms. The molecule has 1 atom stereocenters. The van der Waals surface area contributed by atoms with E-state index in [0.717, 1.165) is 0 Å². The van der Waals surface area contributed by atoms with E-state index >= 15 is 0 Å². The fraction of sp³-hybridized carbons (Fsp3) is 0.667. The van der Waals surface area contributed by atoms with Gasteiger partial charge in [-0.15, -0.1) is 0 Å². The van der Waals surface area contributed by atoms with Gasteiger partial charge in [0, 0.05) is 25.3 Å². The summed E-state index contributed by atoms with van der Waals surface area (Å²) in [4.78, 5) is 3.81. The lowest BCUT2D eigenvalue weighted by Gasteiger charge is -2.26. The van der Waals surface area contributed by atoms with Crippen LogP contribution >= 0.6 is 0 Å². The highest BCUT2D eigenvalue weighted by atomic mass is 32.2. The van der Waals surface area contributed by atoms with Crippen molar-refractivity contribution in [2.24, 2.45) is 12.8 Å². The number of imidazole rings is 1. The topological polar surface area (TPSA) is 90.0 Å². The lowest BCUT2D eigenvalue weighted by Crippen LogP contribution is -2.50. The van der Waals surface area contributed by atoms with Gasteiger partial charge in [-0.2, -0.15) is 0 Å². The van der Waals surface area contributed by atoms with Crippen molar-refractivity contribution in [1.29, 1.82) is 0 Å². The first-order chi connectivity index (χ1) is 7.33. The molecule has 0 fully saturated rings. The Labute approximate surface area is 95.9 Å². The van der Waals surface area contributed by atoms with Crippen LogP contribution in [0.25, 0.3) is 0 Å². The molecule has 1 unspecified atom stereocenters. The summed E-state index contributed by atoms with van der Waals surface area (Å²) < 4.78 is 28.0. The summed E-state index contributed by atoms with van der Waals surface area (Å²) in [5.74, 6) is 0. The maximum Gasteiger partial charge on any atom is 0.260 e. The van der Waals surface area contributed by atoms with Gasteiger partial charge < -0.3 is 10.3 Å². The van der Waals surface area contributed by atoms with Crippen molar-refractivity contribution in [1.82, 2.24) is 14.3 Å². The summed E-state index contributed by atoms with van der Waals surface area (Å²) in [6.07, 6.45) is 3.52. The van der Waals surface area contributed by atoms with Gasteiger partial charge in [-0.3, -0.25) is 0 Å². The third kappa shape index (κ3) is 2.81. The minimum absolute atomic E-state index is 0.0168. The first kappa shape index (κ1) is 13.1. The molecule has 0 spiro atoms. The van der Waals surface area contributed by atoms with Crippen LogP contribution in [0.5, 0.6) is 0 Å². The molecule has 92 valence electrons. The summed E-state index contributed by atoms with van der Waals surface area (Å²) in [6.45, 7) is 3.90. The average molecular weight is 246 g/mol. The molecule has 3 N–H and O–H groups in total. The first-order valence-corrected chi connectivity index (χ1v) is 6.53. The van der Waals surface area contributed by atoms with Gasteiger partial charge in [-0.25, -0.2) is 18.1 Å². The van der Waals surface area contributed by atoms with Crippen LogP contribution in [0.2, 0.25) is 0 Å². The first-order valence-electron chi connectivity index (χ1n) is 5.05. The summed E-state index contributed by atoms with van der Waals surface area (Å²) in [5.41, 5.74) is 4.93. The molecule has 0 aromatic carbocycles. The second kappa shape index (κ2) is 4.52. The fourth-order valence-electron chi connectivity index (χ4n) is 1.16. The van der Waals surface area contributed by atoms with Crippen molar-refractivity contribution in [3.63, 3.8) is 0 Å². The Kier molecular flexibility index (Phi) is 3.72. The van der Waals surface area contributed by atoms with Gasteiger partial charge in [0.1, 0.15) is 0 Å². The van der Waals surface area contributed by atoms with Gasteiger partial charge in [0.05, 0.1) is 6.33 Å². The molecular weight excluding hydrogens is 228 g/mol. The Bertz CT molecular complexity index is 448. The summed E-state index contributed by atoms with van der Waals surface area (Å²) in [7, 11) is -1.87. The molecule has 0 radical (unpaired) electrons. The Morgan fingerprint density at radius 2 is 2.25 bits per heavy atom. The van der Waals surface area contributed by atoms with Crippen molar-refractivity contribution < 1.29 is 8.42 Å². The summed E-state index contributed by atoms with van der Waals surface area (Å²) in [5, 5.41) is 0.0168. The van der Waals surface area contributed by atoms with E-state index in [2.05, 4.69) is 9.71 Å². The zero-order chi connectivity index (χ0) is 12.4. The number of sulfonamides is 1. The third-order valence-electron chi connectivity index (χ3n) is 2.57. The van der Waals surface area contributed by atoms with Crippen molar-refractivity contribution in [3.05, 3.63) is 12.5 Å². The number of aromatic nitrogens is 2. The fourth-order valence-corrected chi connectivity index (χ4v) is 2.63. The molecule has 7 heteroatoms. The number of nitrogens with one attached hydrogen (secondary N) is 1. The van der Waals surface area contributed by atoms with Crippen LogP contribution in [0.15, 0.2) is 17.6 Å². The number of rotatable bonds is 5. The molecule has 1 aromatic rings. The quantitative estimate of drug-likeness (QED) is 0.754.